The Hall–Kier alpha value is -3.61. The molecule has 0 atom stereocenters. The van der Waals surface area contributed by atoms with Gasteiger partial charge in [-0.3, -0.25) is 9.97 Å². The average Bonchev–Trinajstić information content (AvgIpc) is 2.68. The standard InChI is InChI=1S/C18H15N7/c1-2-9-19-14(7-1)11-21-18-24-16(12-22-25-18)23-15-8-3-5-13-6-4-10-20-17(13)15/h1-10,12H,11H2,(H2,21,23,24,25). The molecule has 2 N–H and O–H groups in total. The monoisotopic (exact) mass is 329 g/mol. The van der Waals surface area contributed by atoms with Crippen LogP contribution in [0.5, 0.6) is 0 Å². The number of fused-ring (bicyclic) bond motifs is 1. The van der Waals surface area contributed by atoms with Crippen LogP contribution in [0, 0.1) is 0 Å². The SMILES string of the molecule is c1ccc(CNc2nncc(Nc3cccc4cccnc34)n2)nc1. The molecular weight excluding hydrogens is 314 g/mol. The van der Waals surface area contributed by atoms with Gasteiger partial charge in [-0.1, -0.05) is 24.3 Å². The van der Waals surface area contributed by atoms with Gasteiger partial charge in [-0.05, 0) is 24.3 Å². The van der Waals surface area contributed by atoms with Crippen LogP contribution in [0.25, 0.3) is 10.9 Å². The summed E-state index contributed by atoms with van der Waals surface area (Å²) < 4.78 is 0. The number of pyridine rings is 2. The number of benzene rings is 1. The van der Waals surface area contributed by atoms with Crippen molar-refractivity contribution in [1.82, 2.24) is 25.1 Å². The lowest BCUT2D eigenvalue weighted by Gasteiger charge is -2.09. The molecule has 25 heavy (non-hydrogen) atoms. The Kier molecular flexibility index (Phi) is 4.11. The largest absolute Gasteiger partial charge is 0.347 e. The molecule has 0 aliphatic carbocycles. The smallest absolute Gasteiger partial charge is 0.245 e. The second kappa shape index (κ2) is 6.88. The number of nitrogens with one attached hydrogen (secondary N) is 2. The first-order valence-corrected chi connectivity index (χ1v) is 7.83. The topological polar surface area (TPSA) is 88.5 Å². The minimum atomic E-state index is 0.434. The van der Waals surface area contributed by atoms with Gasteiger partial charge in [0.05, 0.1) is 29.6 Å². The number of hydrogen-bond donors (Lipinski definition) is 2. The summed E-state index contributed by atoms with van der Waals surface area (Å²) in [6.07, 6.45) is 5.10. The molecule has 0 saturated carbocycles. The van der Waals surface area contributed by atoms with Crippen LogP contribution in [0.4, 0.5) is 17.5 Å². The third-order valence-corrected chi connectivity index (χ3v) is 3.61. The maximum atomic E-state index is 4.44. The van der Waals surface area contributed by atoms with Crippen LogP contribution in [-0.2, 0) is 6.54 Å². The fourth-order valence-electron chi connectivity index (χ4n) is 2.45. The molecule has 0 aliphatic rings. The zero-order chi connectivity index (χ0) is 16.9. The summed E-state index contributed by atoms with van der Waals surface area (Å²) >= 11 is 0. The third-order valence-electron chi connectivity index (χ3n) is 3.61. The van der Waals surface area contributed by atoms with E-state index < -0.39 is 0 Å². The zero-order valence-corrected chi connectivity index (χ0v) is 13.3. The Morgan fingerprint density at radius 2 is 1.80 bits per heavy atom. The summed E-state index contributed by atoms with van der Waals surface area (Å²) in [5.41, 5.74) is 2.66. The molecule has 7 heteroatoms. The average molecular weight is 329 g/mol. The molecule has 3 heterocycles. The predicted octanol–water partition coefficient (Wildman–Crippen LogP) is 3.17. The Bertz CT molecular complexity index is 983. The highest BCUT2D eigenvalue weighted by atomic mass is 15.3. The van der Waals surface area contributed by atoms with Gasteiger partial charge in [-0.25, -0.2) is 0 Å². The molecule has 0 bridgehead atoms. The van der Waals surface area contributed by atoms with Crippen LogP contribution in [-0.4, -0.2) is 25.1 Å². The highest BCUT2D eigenvalue weighted by Crippen LogP contribution is 2.23. The molecule has 0 aliphatic heterocycles. The second-order valence-corrected chi connectivity index (χ2v) is 5.35. The van der Waals surface area contributed by atoms with E-state index in [1.807, 2.05) is 48.5 Å². The quantitative estimate of drug-likeness (QED) is 0.581. The van der Waals surface area contributed by atoms with E-state index in [1.54, 1.807) is 18.6 Å². The van der Waals surface area contributed by atoms with Gasteiger partial charge in [0.25, 0.3) is 0 Å². The van der Waals surface area contributed by atoms with Crippen LogP contribution in [0.2, 0.25) is 0 Å². The first kappa shape index (κ1) is 14.9. The highest BCUT2D eigenvalue weighted by molar-refractivity contribution is 5.91. The van der Waals surface area contributed by atoms with E-state index in [2.05, 4.69) is 35.8 Å². The van der Waals surface area contributed by atoms with Crippen molar-refractivity contribution in [2.24, 2.45) is 0 Å². The summed E-state index contributed by atoms with van der Waals surface area (Å²) in [6.45, 7) is 0.530. The van der Waals surface area contributed by atoms with Crippen molar-refractivity contribution in [2.75, 3.05) is 10.6 Å². The van der Waals surface area contributed by atoms with Crippen LogP contribution >= 0.6 is 0 Å². The van der Waals surface area contributed by atoms with Crippen molar-refractivity contribution in [3.05, 3.63) is 72.8 Å². The third kappa shape index (κ3) is 3.50. The molecular formula is C18H15N7. The normalized spacial score (nSPS) is 10.6. The van der Waals surface area contributed by atoms with E-state index >= 15 is 0 Å². The maximum absolute atomic E-state index is 4.44. The van der Waals surface area contributed by atoms with Gasteiger partial charge in [0.2, 0.25) is 5.95 Å². The Balaban J connectivity index is 1.53. The van der Waals surface area contributed by atoms with Crippen molar-refractivity contribution < 1.29 is 0 Å². The van der Waals surface area contributed by atoms with Gasteiger partial charge < -0.3 is 10.6 Å². The maximum Gasteiger partial charge on any atom is 0.245 e. The Morgan fingerprint density at radius 1 is 0.880 bits per heavy atom. The number of anilines is 3. The summed E-state index contributed by atoms with van der Waals surface area (Å²) in [7, 11) is 0. The van der Waals surface area contributed by atoms with Gasteiger partial charge in [0.15, 0.2) is 5.82 Å². The molecule has 0 amide bonds. The minimum absolute atomic E-state index is 0.434. The summed E-state index contributed by atoms with van der Waals surface area (Å²) in [5, 5.41) is 15.4. The molecule has 0 fully saturated rings. The Labute approximate surface area is 144 Å². The summed E-state index contributed by atoms with van der Waals surface area (Å²) in [4.78, 5) is 13.1. The van der Waals surface area contributed by atoms with Crippen molar-refractivity contribution >= 4 is 28.4 Å². The van der Waals surface area contributed by atoms with E-state index in [4.69, 9.17) is 0 Å². The van der Waals surface area contributed by atoms with E-state index in [-0.39, 0.29) is 0 Å². The van der Waals surface area contributed by atoms with E-state index in [0.29, 0.717) is 18.3 Å². The van der Waals surface area contributed by atoms with Crippen LogP contribution in [0.1, 0.15) is 5.69 Å². The molecule has 4 rings (SSSR count). The van der Waals surface area contributed by atoms with E-state index in [1.165, 1.54) is 0 Å². The Morgan fingerprint density at radius 3 is 2.72 bits per heavy atom. The van der Waals surface area contributed by atoms with Crippen molar-refractivity contribution in [2.45, 2.75) is 6.54 Å². The van der Waals surface area contributed by atoms with Gasteiger partial charge >= 0.3 is 0 Å². The molecule has 0 spiro atoms. The molecule has 0 saturated heterocycles. The van der Waals surface area contributed by atoms with Gasteiger partial charge in [-0.15, -0.1) is 5.10 Å². The summed E-state index contributed by atoms with van der Waals surface area (Å²) in [5.74, 6) is 1.03. The van der Waals surface area contributed by atoms with Crippen molar-refractivity contribution in [1.29, 1.82) is 0 Å². The zero-order valence-electron chi connectivity index (χ0n) is 13.3. The van der Waals surface area contributed by atoms with Crippen molar-refractivity contribution in [3.63, 3.8) is 0 Å². The lowest BCUT2D eigenvalue weighted by molar-refractivity contribution is 0.935. The van der Waals surface area contributed by atoms with Crippen LogP contribution in [0.15, 0.2) is 67.1 Å². The molecule has 3 aromatic heterocycles. The minimum Gasteiger partial charge on any atom is -0.347 e. The highest BCUT2D eigenvalue weighted by Gasteiger charge is 2.05. The lowest BCUT2D eigenvalue weighted by Crippen LogP contribution is -2.07. The number of para-hydroxylation sites is 1. The fourth-order valence-corrected chi connectivity index (χ4v) is 2.45. The predicted molar refractivity (Wildman–Crippen MR) is 96.4 cm³/mol. The second-order valence-electron chi connectivity index (χ2n) is 5.35. The van der Waals surface area contributed by atoms with E-state index in [9.17, 15) is 0 Å². The molecule has 122 valence electrons. The van der Waals surface area contributed by atoms with Crippen LogP contribution < -0.4 is 10.6 Å². The van der Waals surface area contributed by atoms with Gasteiger partial charge in [-0.2, -0.15) is 10.1 Å². The van der Waals surface area contributed by atoms with Crippen molar-refractivity contribution in [3.8, 4) is 0 Å². The molecule has 4 aromatic rings. The fraction of sp³-hybridized carbons (Fsp3) is 0.0556. The van der Waals surface area contributed by atoms with E-state index in [0.717, 1.165) is 22.3 Å². The first-order chi connectivity index (χ1) is 12.4. The number of rotatable bonds is 5. The molecule has 7 nitrogen and oxygen atoms in total. The van der Waals surface area contributed by atoms with Crippen LogP contribution in [0.3, 0.4) is 0 Å². The first-order valence-electron chi connectivity index (χ1n) is 7.83. The molecule has 1 aromatic carbocycles. The number of hydrogen-bond acceptors (Lipinski definition) is 7. The van der Waals surface area contributed by atoms with Gasteiger partial charge in [0, 0.05) is 17.8 Å². The molecule has 0 unspecified atom stereocenters. The summed E-state index contributed by atoms with van der Waals surface area (Å²) in [6, 6.07) is 15.6. The van der Waals surface area contributed by atoms with Gasteiger partial charge in [0.1, 0.15) is 0 Å². The number of aromatic nitrogens is 5. The molecule has 0 radical (unpaired) electrons. The number of nitrogens with zero attached hydrogens (tertiary/aromatic N) is 5. The lowest BCUT2D eigenvalue weighted by atomic mass is 10.2.